The zero-order valence-corrected chi connectivity index (χ0v) is 18.5. The summed E-state index contributed by atoms with van der Waals surface area (Å²) < 4.78 is 15.7. The van der Waals surface area contributed by atoms with Crippen LogP contribution in [0.25, 0.3) is 0 Å². The fourth-order valence-corrected chi connectivity index (χ4v) is 4.16. The number of benzene rings is 2. The first-order chi connectivity index (χ1) is 14.4. The monoisotopic (exact) mass is 447 g/mol. The van der Waals surface area contributed by atoms with Gasteiger partial charge in [0.2, 0.25) is 0 Å². The van der Waals surface area contributed by atoms with E-state index in [1.165, 1.54) is 17.7 Å². The molecule has 1 aromatic heterocycles. The maximum absolute atomic E-state index is 13.8. The second-order valence-electron chi connectivity index (χ2n) is 6.99. The molecular weight excluding hydrogens is 424 g/mol. The van der Waals surface area contributed by atoms with E-state index in [1.807, 2.05) is 16.8 Å². The standard InChI is InChI=1S/C23H24Cl2FN3O/c1-3-21-19(13-15-11-16(24)14-17(25)12-15)22(4-2)29(28-21)10-9-27-23(30)18-7-5-6-8-20(18)26/h5-8,11-12,14H,3-4,9-10,13H2,1-2H3,(H,27,30). The van der Waals surface area contributed by atoms with Crippen molar-refractivity contribution < 1.29 is 9.18 Å². The predicted octanol–water partition coefficient (Wildman–Crippen LogP) is 5.47. The van der Waals surface area contributed by atoms with E-state index in [0.29, 0.717) is 29.6 Å². The summed E-state index contributed by atoms with van der Waals surface area (Å²) >= 11 is 12.3. The number of carbonyl (C=O) groups excluding carboxylic acids is 1. The molecular formula is C23H24Cl2FN3O. The Morgan fingerprint density at radius 2 is 1.80 bits per heavy atom. The highest BCUT2D eigenvalue weighted by Crippen LogP contribution is 2.25. The molecule has 3 aromatic rings. The molecule has 0 aliphatic rings. The second-order valence-corrected chi connectivity index (χ2v) is 7.87. The van der Waals surface area contributed by atoms with Crippen LogP contribution in [0.2, 0.25) is 10.0 Å². The Hall–Kier alpha value is -2.37. The topological polar surface area (TPSA) is 46.9 Å². The highest BCUT2D eigenvalue weighted by atomic mass is 35.5. The molecule has 2 aromatic carbocycles. The van der Waals surface area contributed by atoms with Gasteiger partial charge in [-0.15, -0.1) is 0 Å². The van der Waals surface area contributed by atoms with Crippen molar-refractivity contribution in [2.24, 2.45) is 0 Å². The number of halogens is 3. The number of nitrogens with zero attached hydrogens (tertiary/aromatic N) is 2. The summed E-state index contributed by atoms with van der Waals surface area (Å²) in [6.45, 7) is 5.01. The van der Waals surface area contributed by atoms with Gasteiger partial charge in [-0.3, -0.25) is 9.48 Å². The third-order valence-corrected chi connectivity index (χ3v) is 5.39. The lowest BCUT2D eigenvalue weighted by atomic mass is 10.0. The van der Waals surface area contributed by atoms with Crippen molar-refractivity contribution in [2.45, 2.75) is 39.7 Å². The van der Waals surface area contributed by atoms with Crippen LogP contribution in [-0.2, 0) is 25.8 Å². The normalized spacial score (nSPS) is 11.0. The molecule has 0 aliphatic heterocycles. The Morgan fingerprint density at radius 1 is 1.10 bits per heavy atom. The van der Waals surface area contributed by atoms with E-state index in [9.17, 15) is 9.18 Å². The number of rotatable bonds is 8. The molecule has 0 fully saturated rings. The average molecular weight is 448 g/mol. The summed E-state index contributed by atoms with van der Waals surface area (Å²) in [4.78, 5) is 12.2. The van der Waals surface area contributed by atoms with Crippen LogP contribution in [0.3, 0.4) is 0 Å². The van der Waals surface area contributed by atoms with Crippen LogP contribution in [0, 0.1) is 5.82 Å². The smallest absolute Gasteiger partial charge is 0.254 e. The lowest BCUT2D eigenvalue weighted by Gasteiger charge is -2.10. The van der Waals surface area contributed by atoms with Gasteiger partial charge >= 0.3 is 0 Å². The fourth-order valence-electron chi connectivity index (χ4n) is 3.59. The number of hydrogen-bond donors (Lipinski definition) is 1. The first-order valence-corrected chi connectivity index (χ1v) is 10.7. The van der Waals surface area contributed by atoms with Gasteiger partial charge in [0.05, 0.1) is 17.8 Å². The fraction of sp³-hybridized carbons (Fsp3) is 0.304. The summed E-state index contributed by atoms with van der Waals surface area (Å²) in [7, 11) is 0. The number of amides is 1. The van der Waals surface area contributed by atoms with Gasteiger partial charge in [0, 0.05) is 34.3 Å². The number of aryl methyl sites for hydroxylation is 1. The van der Waals surface area contributed by atoms with Crippen LogP contribution < -0.4 is 5.32 Å². The van der Waals surface area contributed by atoms with Gasteiger partial charge in [0.1, 0.15) is 5.82 Å². The van der Waals surface area contributed by atoms with Crippen molar-refractivity contribution in [2.75, 3.05) is 6.54 Å². The Bertz CT molecular complexity index is 1030. The van der Waals surface area contributed by atoms with Crippen LogP contribution in [0.15, 0.2) is 42.5 Å². The molecule has 0 saturated heterocycles. The van der Waals surface area contributed by atoms with Gasteiger partial charge in [0.15, 0.2) is 0 Å². The van der Waals surface area contributed by atoms with Crippen LogP contribution in [0.1, 0.15) is 46.7 Å². The van der Waals surface area contributed by atoms with Crippen LogP contribution in [-0.4, -0.2) is 22.2 Å². The molecule has 3 rings (SSSR count). The minimum Gasteiger partial charge on any atom is -0.350 e. The molecule has 4 nitrogen and oxygen atoms in total. The number of hydrogen-bond acceptors (Lipinski definition) is 2. The molecule has 0 unspecified atom stereocenters. The van der Waals surface area contributed by atoms with Gasteiger partial charge < -0.3 is 5.32 Å². The average Bonchev–Trinajstić information content (AvgIpc) is 3.03. The SMILES string of the molecule is CCc1nn(CCNC(=O)c2ccccc2F)c(CC)c1Cc1cc(Cl)cc(Cl)c1. The highest BCUT2D eigenvalue weighted by molar-refractivity contribution is 6.34. The molecule has 0 radical (unpaired) electrons. The summed E-state index contributed by atoms with van der Waals surface area (Å²) in [5.41, 5.74) is 4.37. The van der Waals surface area contributed by atoms with E-state index in [-0.39, 0.29) is 5.56 Å². The van der Waals surface area contributed by atoms with Gasteiger partial charge in [-0.1, -0.05) is 49.2 Å². The molecule has 0 saturated carbocycles. The van der Waals surface area contributed by atoms with E-state index >= 15 is 0 Å². The Balaban J connectivity index is 1.75. The van der Waals surface area contributed by atoms with Crippen molar-refractivity contribution in [1.82, 2.24) is 15.1 Å². The van der Waals surface area contributed by atoms with Crippen LogP contribution in [0.5, 0.6) is 0 Å². The van der Waals surface area contributed by atoms with Gasteiger partial charge in [0.25, 0.3) is 5.91 Å². The molecule has 1 heterocycles. The predicted molar refractivity (Wildman–Crippen MR) is 119 cm³/mol. The van der Waals surface area contributed by atoms with Gasteiger partial charge in [-0.25, -0.2) is 4.39 Å². The van der Waals surface area contributed by atoms with Gasteiger partial charge in [-0.2, -0.15) is 5.10 Å². The third-order valence-electron chi connectivity index (χ3n) is 4.95. The first-order valence-electron chi connectivity index (χ1n) is 9.98. The molecule has 30 heavy (non-hydrogen) atoms. The minimum absolute atomic E-state index is 0.0430. The summed E-state index contributed by atoms with van der Waals surface area (Å²) in [6.07, 6.45) is 2.29. The second kappa shape index (κ2) is 10.1. The molecule has 0 atom stereocenters. The van der Waals surface area contributed by atoms with Crippen LogP contribution in [0.4, 0.5) is 4.39 Å². The van der Waals surface area contributed by atoms with E-state index in [2.05, 4.69) is 19.2 Å². The first kappa shape index (κ1) is 22.3. The quantitative estimate of drug-likeness (QED) is 0.497. The van der Waals surface area contributed by atoms with E-state index < -0.39 is 11.7 Å². The lowest BCUT2D eigenvalue weighted by Crippen LogP contribution is -2.28. The highest BCUT2D eigenvalue weighted by Gasteiger charge is 2.17. The molecule has 0 spiro atoms. The summed E-state index contributed by atoms with van der Waals surface area (Å²) in [6, 6.07) is 11.5. The third kappa shape index (κ3) is 5.21. The van der Waals surface area contributed by atoms with E-state index in [0.717, 1.165) is 29.8 Å². The molecule has 1 N–H and O–H groups in total. The Morgan fingerprint density at radius 3 is 2.43 bits per heavy atom. The molecule has 0 aliphatic carbocycles. The minimum atomic E-state index is -0.529. The zero-order chi connectivity index (χ0) is 21.7. The van der Waals surface area contributed by atoms with Crippen molar-refractivity contribution >= 4 is 29.1 Å². The van der Waals surface area contributed by atoms with Crippen molar-refractivity contribution in [3.63, 3.8) is 0 Å². The molecule has 7 heteroatoms. The van der Waals surface area contributed by atoms with Crippen molar-refractivity contribution in [3.8, 4) is 0 Å². The van der Waals surface area contributed by atoms with Crippen LogP contribution >= 0.6 is 23.2 Å². The number of aromatic nitrogens is 2. The van der Waals surface area contributed by atoms with Crippen molar-refractivity contribution in [1.29, 1.82) is 0 Å². The Labute approximate surface area is 186 Å². The maximum Gasteiger partial charge on any atom is 0.254 e. The molecule has 158 valence electrons. The molecule has 0 bridgehead atoms. The number of nitrogens with one attached hydrogen (secondary N) is 1. The van der Waals surface area contributed by atoms with Crippen molar-refractivity contribution in [3.05, 3.63) is 86.4 Å². The van der Waals surface area contributed by atoms with E-state index in [4.69, 9.17) is 28.3 Å². The lowest BCUT2D eigenvalue weighted by molar-refractivity contribution is 0.0948. The Kier molecular flexibility index (Phi) is 7.51. The summed E-state index contributed by atoms with van der Waals surface area (Å²) in [5.74, 6) is -0.957. The summed E-state index contributed by atoms with van der Waals surface area (Å²) in [5, 5.41) is 8.75. The molecule has 1 amide bonds. The van der Waals surface area contributed by atoms with Gasteiger partial charge in [-0.05, 0) is 48.7 Å². The zero-order valence-electron chi connectivity index (χ0n) is 17.0. The maximum atomic E-state index is 13.8. The number of carbonyl (C=O) groups is 1. The van der Waals surface area contributed by atoms with E-state index in [1.54, 1.807) is 18.2 Å². The largest absolute Gasteiger partial charge is 0.350 e.